The van der Waals surface area contributed by atoms with Crippen LogP contribution in [0.1, 0.15) is 6.92 Å². The number of aromatic nitrogens is 1. The molecule has 0 amide bonds. The predicted octanol–water partition coefficient (Wildman–Crippen LogP) is 4.90. The van der Waals surface area contributed by atoms with Crippen LogP contribution in [0.4, 0.5) is 14.5 Å². The molecule has 1 aliphatic heterocycles. The third-order valence-electron chi connectivity index (χ3n) is 5.12. The Labute approximate surface area is 161 Å². The van der Waals surface area contributed by atoms with E-state index >= 15 is 0 Å². The quantitative estimate of drug-likeness (QED) is 0.637. The Kier molecular flexibility index (Phi) is 5.18. The lowest BCUT2D eigenvalue weighted by molar-refractivity contribution is 0.271. The van der Waals surface area contributed by atoms with Gasteiger partial charge >= 0.3 is 0 Å². The molecule has 1 saturated heterocycles. The molecule has 0 radical (unpaired) electrons. The lowest BCUT2D eigenvalue weighted by Crippen LogP contribution is -2.46. The zero-order chi connectivity index (χ0) is 18.8. The SMILES string of the molecule is CCN1CCN(c2ccccc2-c2cc(F)c(-c3cscn3)cc2F)CC1. The van der Waals surface area contributed by atoms with Crippen LogP contribution in [0.2, 0.25) is 0 Å². The molecular formula is C21H21F2N3S. The molecule has 4 rings (SSSR count). The monoisotopic (exact) mass is 385 g/mol. The number of halogens is 2. The van der Waals surface area contributed by atoms with Crippen molar-refractivity contribution in [1.82, 2.24) is 9.88 Å². The van der Waals surface area contributed by atoms with Gasteiger partial charge in [-0.2, -0.15) is 0 Å². The van der Waals surface area contributed by atoms with Crippen LogP contribution in [-0.2, 0) is 0 Å². The van der Waals surface area contributed by atoms with Gasteiger partial charge in [-0.1, -0.05) is 25.1 Å². The minimum absolute atomic E-state index is 0.201. The molecule has 3 nitrogen and oxygen atoms in total. The van der Waals surface area contributed by atoms with Gasteiger partial charge in [0, 0.05) is 53.9 Å². The van der Waals surface area contributed by atoms with Crippen molar-refractivity contribution in [3.8, 4) is 22.4 Å². The number of anilines is 1. The van der Waals surface area contributed by atoms with Crippen molar-refractivity contribution in [1.29, 1.82) is 0 Å². The molecule has 0 bridgehead atoms. The number of piperazine rings is 1. The Bertz CT molecular complexity index is 919. The Morgan fingerprint density at radius 1 is 0.963 bits per heavy atom. The summed E-state index contributed by atoms with van der Waals surface area (Å²) in [4.78, 5) is 8.74. The fraction of sp³-hybridized carbons (Fsp3) is 0.286. The normalized spacial score (nSPS) is 15.3. The van der Waals surface area contributed by atoms with Gasteiger partial charge in [0.05, 0.1) is 11.2 Å². The average Bonchev–Trinajstić information content (AvgIpc) is 3.24. The molecule has 0 atom stereocenters. The van der Waals surface area contributed by atoms with Crippen LogP contribution >= 0.6 is 11.3 Å². The van der Waals surface area contributed by atoms with Gasteiger partial charge in [0.15, 0.2) is 0 Å². The maximum Gasteiger partial charge on any atom is 0.133 e. The van der Waals surface area contributed by atoms with E-state index in [4.69, 9.17) is 0 Å². The van der Waals surface area contributed by atoms with E-state index in [-0.39, 0.29) is 5.56 Å². The number of benzene rings is 2. The highest BCUT2D eigenvalue weighted by molar-refractivity contribution is 7.07. The molecule has 0 unspecified atom stereocenters. The lowest BCUT2D eigenvalue weighted by atomic mass is 9.99. The molecule has 0 spiro atoms. The van der Waals surface area contributed by atoms with Crippen molar-refractivity contribution in [2.75, 3.05) is 37.6 Å². The van der Waals surface area contributed by atoms with Crippen molar-refractivity contribution in [3.63, 3.8) is 0 Å². The second kappa shape index (κ2) is 7.74. The first-order chi connectivity index (χ1) is 13.2. The molecule has 0 N–H and O–H groups in total. The zero-order valence-electron chi connectivity index (χ0n) is 15.2. The standard InChI is InChI=1S/C21H21F2N3S/c1-2-25-7-9-26(10-8-25)21-6-4-3-5-15(21)16-11-19(23)17(12-18(16)22)20-13-27-14-24-20/h3-6,11-14H,2,7-10H2,1H3. The van der Waals surface area contributed by atoms with Gasteiger partial charge in [0.25, 0.3) is 0 Å². The highest BCUT2D eigenvalue weighted by Gasteiger charge is 2.21. The van der Waals surface area contributed by atoms with Crippen molar-refractivity contribution < 1.29 is 8.78 Å². The molecule has 2 aromatic carbocycles. The van der Waals surface area contributed by atoms with Crippen LogP contribution in [0.25, 0.3) is 22.4 Å². The lowest BCUT2D eigenvalue weighted by Gasteiger charge is -2.36. The number of hydrogen-bond acceptors (Lipinski definition) is 4. The fourth-order valence-corrected chi connectivity index (χ4v) is 4.13. The second-order valence-electron chi connectivity index (χ2n) is 6.62. The van der Waals surface area contributed by atoms with Gasteiger partial charge in [-0.25, -0.2) is 13.8 Å². The summed E-state index contributed by atoms with van der Waals surface area (Å²) in [5, 5.41) is 1.72. The molecule has 140 valence electrons. The molecule has 3 aromatic rings. The molecule has 1 fully saturated rings. The van der Waals surface area contributed by atoms with E-state index in [1.807, 2.05) is 24.3 Å². The van der Waals surface area contributed by atoms with Gasteiger partial charge < -0.3 is 9.80 Å². The third-order valence-corrected chi connectivity index (χ3v) is 5.71. The highest BCUT2D eigenvalue weighted by atomic mass is 32.1. The number of thiazole rings is 1. The molecule has 2 heterocycles. The fourth-order valence-electron chi connectivity index (χ4n) is 3.58. The summed E-state index contributed by atoms with van der Waals surface area (Å²) in [6.07, 6.45) is 0. The molecular weight excluding hydrogens is 364 g/mol. The maximum absolute atomic E-state index is 15.0. The minimum Gasteiger partial charge on any atom is -0.368 e. The van der Waals surface area contributed by atoms with E-state index in [0.717, 1.165) is 44.0 Å². The zero-order valence-corrected chi connectivity index (χ0v) is 16.0. The molecule has 27 heavy (non-hydrogen) atoms. The molecule has 1 aromatic heterocycles. The van der Waals surface area contributed by atoms with Gasteiger partial charge in [-0.15, -0.1) is 11.3 Å². The van der Waals surface area contributed by atoms with Crippen LogP contribution in [0.5, 0.6) is 0 Å². The molecule has 0 aliphatic carbocycles. The van der Waals surface area contributed by atoms with Gasteiger partial charge in [-0.05, 0) is 24.7 Å². The van der Waals surface area contributed by atoms with Crippen molar-refractivity contribution in [2.24, 2.45) is 0 Å². The van der Waals surface area contributed by atoms with Gasteiger partial charge in [-0.3, -0.25) is 0 Å². The maximum atomic E-state index is 15.0. The van der Waals surface area contributed by atoms with E-state index in [2.05, 4.69) is 21.7 Å². The van der Waals surface area contributed by atoms with Crippen molar-refractivity contribution in [2.45, 2.75) is 6.92 Å². The summed E-state index contributed by atoms with van der Waals surface area (Å²) in [6, 6.07) is 10.2. The summed E-state index contributed by atoms with van der Waals surface area (Å²) < 4.78 is 29.7. The summed E-state index contributed by atoms with van der Waals surface area (Å²) in [7, 11) is 0. The Hall–Kier alpha value is -2.31. The number of para-hydroxylation sites is 1. The van der Waals surface area contributed by atoms with Crippen LogP contribution in [0.15, 0.2) is 47.3 Å². The first kappa shape index (κ1) is 18.1. The number of likely N-dealkylation sites (N-methyl/N-ethyl adjacent to an activating group) is 1. The first-order valence-corrected chi connectivity index (χ1v) is 10.1. The Balaban J connectivity index is 1.71. The summed E-state index contributed by atoms with van der Waals surface area (Å²) in [5.74, 6) is -0.887. The van der Waals surface area contributed by atoms with Crippen molar-refractivity contribution in [3.05, 3.63) is 58.9 Å². The van der Waals surface area contributed by atoms with Crippen LogP contribution in [0, 0.1) is 11.6 Å². The topological polar surface area (TPSA) is 19.4 Å². The van der Waals surface area contributed by atoms with Gasteiger partial charge in [0.1, 0.15) is 11.6 Å². The summed E-state index contributed by atoms with van der Waals surface area (Å²) in [5.41, 5.74) is 4.25. The third kappa shape index (κ3) is 3.59. The minimum atomic E-state index is -0.456. The number of hydrogen-bond donors (Lipinski definition) is 0. The van der Waals surface area contributed by atoms with E-state index in [1.54, 1.807) is 10.9 Å². The smallest absolute Gasteiger partial charge is 0.133 e. The van der Waals surface area contributed by atoms with E-state index in [9.17, 15) is 8.78 Å². The number of rotatable bonds is 4. The van der Waals surface area contributed by atoms with Crippen LogP contribution in [0.3, 0.4) is 0 Å². The molecule has 6 heteroatoms. The number of nitrogens with zero attached hydrogens (tertiary/aromatic N) is 3. The molecule has 0 saturated carbocycles. The predicted molar refractivity (Wildman–Crippen MR) is 107 cm³/mol. The summed E-state index contributed by atoms with van der Waals surface area (Å²) >= 11 is 1.36. The average molecular weight is 385 g/mol. The van der Waals surface area contributed by atoms with E-state index in [1.165, 1.54) is 23.5 Å². The Morgan fingerprint density at radius 2 is 1.67 bits per heavy atom. The van der Waals surface area contributed by atoms with E-state index in [0.29, 0.717) is 11.3 Å². The highest BCUT2D eigenvalue weighted by Crippen LogP contribution is 2.36. The van der Waals surface area contributed by atoms with Crippen LogP contribution in [-0.4, -0.2) is 42.6 Å². The first-order valence-electron chi connectivity index (χ1n) is 9.11. The molecule has 1 aliphatic rings. The van der Waals surface area contributed by atoms with Crippen LogP contribution < -0.4 is 4.90 Å². The Morgan fingerprint density at radius 3 is 2.37 bits per heavy atom. The van der Waals surface area contributed by atoms with E-state index < -0.39 is 11.6 Å². The second-order valence-corrected chi connectivity index (χ2v) is 7.34. The summed E-state index contributed by atoms with van der Waals surface area (Å²) in [6.45, 7) is 6.91. The van der Waals surface area contributed by atoms with Crippen molar-refractivity contribution >= 4 is 17.0 Å². The van der Waals surface area contributed by atoms with Gasteiger partial charge in [0.2, 0.25) is 0 Å². The largest absolute Gasteiger partial charge is 0.368 e.